The van der Waals surface area contributed by atoms with Crippen LogP contribution in [0.3, 0.4) is 0 Å². The Morgan fingerprint density at radius 3 is 0.683 bits per heavy atom. The Morgan fingerprint density at radius 1 is 0.198 bits per heavy atom. The largest absolute Gasteiger partial charge is 0.0654 e. The van der Waals surface area contributed by atoms with E-state index in [2.05, 4.69) is 515 Å². The Balaban J connectivity index is 0.000000124. The molecule has 126 heavy (non-hydrogen) atoms. The van der Waals surface area contributed by atoms with E-state index in [1.807, 2.05) is 36.4 Å². The first-order valence-electron chi connectivity index (χ1n) is 45.2. The van der Waals surface area contributed by atoms with Crippen molar-refractivity contribution < 1.29 is 0 Å². The van der Waals surface area contributed by atoms with Crippen molar-refractivity contribution in [3.63, 3.8) is 0 Å². The third kappa shape index (κ3) is 24.9. The highest BCUT2D eigenvalue weighted by molar-refractivity contribution is 5.82. The van der Waals surface area contributed by atoms with Gasteiger partial charge in [0.25, 0.3) is 0 Å². The quantitative estimate of drug-likeness (QED) is 0.0803. The third-order valence-corrected chi connectivity index (χ3v) is 24.1. The lowest BCUT2D eigenvalue weighted by Crippen LogP contribution is -2.25. The van der Waals surface area contributed by atoms with Crippen LogP contribution in [0.5, 0.6) is 0 Å². The van der Waals surface area contributed by atoms with Gasteiger partial charge in [-0.25, -0.2) is 0 Å². The van der Waals surface area contributed by atoms with Crippen molar-refractivity contribution in [2.24, 2.45) is 0 Å². The summed E-state index contributed by atoms with van der Waals surface area (Å²) in [5.41, 5.74) is 33.2. The van der Waals surface area contributed by atoms with Gasteiger partial charge in [-0.1, -0.05) is 571 Å². The average Bonchev–Trinajstić information content (AvgIpc) is 1.60. The van der Waals surface area contributed by atoms with E-state index >= 15 is 0 Å². The Labute approximate surface area is 753 Å². The van der Waals surface area contributed by atoms with Crippen molar-refractivity contribution in [3.05, 3.63) is 565 Å². The number of hydrogen-bond donors (Lipinski definition) is 0. The van der Waals surface area contributed by atoms with Crippen LogP contribution in [0.2, 0.25) is 0 Å². The molecule has 2 aliphatic rings. The second-order valence-electron chi connectivity index (χ2n) is 33.4. The fraction of sp³-hybridized carbons (Fsp3) is 0.143. The van der Waals surface area contributed by atoms with Gasteiger partial charge in [0.15, 0.2) is 0 Å². The SMILES string of the molecule is CC(C)(c1ccccc1)c1ccccc1.CC1(C)c2ccccc2-c2ccccc21.CCCCC1(CCCC)c2ccccc2-c2ccccc21.c1ccc(-c2ccc(-c3ccccc3)cc2)cc1.c1ccc(-c2cccc(-c3ccccc3)c2)cc1.c1ccc(-c2ccccc2)cc1.c1ccc(CCc2ccccc2)cc1.c1ccc(Cc2ccccc2)cc1. The molecule has 0 spiro atoms. The molecule has 0 amide bonds. The lowest BCUT2D eigenvalue weighted by Gasteiger charge is -2.32. The molecule has 18 aromatic carbocycles. The Morgan fingerprint density at radius 2 is 0.405 bits per heavy atom. The van der Waals surface area contributed by atoms with E-state index in [9.17, 15) is 0 Å². The van der Waals surface area contributed by atoms with Crippen LogP contribution in [0.15, 0.2) is 510 Å². The molecule has 2 aliphatic carbocycles. The second-order valence-corrected chi connectivity index (χ2v) is 33.4. The fourth-order valence-electron chi connectivity index (χ4n) is 17.1. The molecule has 0 radical (unpaired) electrons. The Bertz CT molecular complexity index is 5720. The Hall–Kier alpha value is -14.0. The van der Waals surface area contributed by atoms with Gasteiger partial charge >= 0.3 is 0 Å². The van der Waals surface area contributed by atoms with Gasteiger partial charge in [-0.05, 0) is 172 Å². The van der Waals surface area contributed by atoms with Crippen LogP contribution in [0.4, 0.5) is 0 Å². The van der Waals surface area contributed by atoms with Gasteiger partial charge in [-0.15, -0.1) is 0 Å². The summed E-state index contributed by atoms with van der Waals surface area (Å²) in [6, 6.07) is 179. The van der Waals surface area contributed by atoms with Crippen molar-refractivity contribution in [3.8, 4) is 77.9 Å². The number of aryl methyl sites for hydroxylation is 2. The van der Waals surface area contributed by atoms with E-state index < -0.39 is 0 Å². The van der Waals surface area contributed by atoms with Gasteiger partial charge in [-0.2, -0.15) is 0 Å². The summed E-state index contributed by atoms with van der Waals surface area (Å²) in [7, 11) is 0. The van der Waals surface area contributed by atoms with Crippen molar-refractivity contribution in [1.29, 1.82) is 0 Å². The maximum atomic E-state index is 2.38. The topological polar surface area (TPSA) is 0 Å². The smallest absolute Gasteiger partial charge is 0.0215 e. The van der Waals surface area contributed by atoms with Crippen LogP contribution in [-0.4, -0.2) is 0 Å². The molecule has 0 atom stereocenters. The number of hydrogen-bond acceptors (Lipinski definition) is 0. The van der Waals surface area contributed by atoms with Gasteiger partial charge in [0.1, 0.15) is 0 Å². The minimum Gasteiger partial charge on any atom is -0.0654 e. The predicted octanol–water partition coefficient (Wildman–Crippen LogP) is 34.5. The van der Waals surface area contributed by atoms with Gasteiger partial charge < -0.3 is 0 Å². The highest BCUT2D eigenvalue weighted by Gasteiger charge is 2.41. The van der Waals surface area contributed by atoms with Crippen LogP contribution in [0, 0.1) is 0 Å². The maximum Gasteiger partial charge on any atom is 0.0215 e. The maximum absolute atomic E-state index is 2.38. The molecule has 20 rings (SSSR count). The number of unbranched alkanes of at least 4 members (excludes halogenated alkanes) is 2. The van der Waals surface area contributed by atoms with Gasteiger partial charge in [-0.3, -0.25) is 0 Å². The first kappa shape index (κ1) is 89.7. The summed E-state index contributed by atoms with van der Waals surface area (Å²) in [4.78, 5) is 0. The molecular weight excluding hydrogens is 1510 g/mol. The van der Waals surface area contributed by atoms with Crippen molar-refractivity contribution in [2.75, 3.05) is 0 Å². The van der Waals surface area contributed by atoms with Gasteiger partial charge in [0.2, 0.25) is 0 Å². The zero-order valence-electron chi connectivity index (χ0n) is 74.4. The van der Waals surface area contributed by atoms with E-state index in [1.54, 1.807) is 11.1 Å². The minimum absolute atomic E-state index is 0.0858. The predicted molar refractivity (Wildman–Crippen MR) is 543 cm³/mol. The molecule has 0 saturated carbocycles. The molecular formula is C126H120. The molecule has 0 bridgehead atoms. The standard InChI is InChI=1S/C21H26.2C18H14.C15H14.C15H16.C14H14.C13H12.C12H10/c1-3-5-15-21(16-6-4-2)19-13-9-7-11-17(19)18-12-8-10-14-20(18)21;1-3-8-15(9-4-1)17-12-7-13-18(14-17)16-10-5-2-6-11-16;1-3-7-15(8-4-1)17-11-13-18(14-12-17)16-9-5-2-6-10-16;1-15(2)13-9-5-3-7-11(13)12-8-4-6-10-14(12)15;1-15(2,13-9-5-3-6-10-13)14-11-7-4-8-12-14;1-3-7-13(8-4-1)11-12-14-9-5-2-6-10-14;1-3-7-12(8-4-1)11-13-9-5-2-6-10-13;1-3-7-11(8-4-1)12-9-5-2-6-10-12/h7-14H,3-6,15-16H2,1-2H3;2*1-14H;3-10H,1-2H3;3-12H,1-2H3;1-10H,11-12H2;1-10H,11H2;1-10H. The molecule has 0 fully saturated rings. The zero-order valence-corrected chi connectivity index (χ0v) is 74.4. The first-order valence-corrected chi connectivity index (χ1v) is 45.2. The molecule has 0 aliphatic heterocycles. The summed E-state index contributed by atoms with van der Waals surface area (Å²) in [5.74, 6) is 0. The molecule has 0 N–H and O–H groups in total. The monoisotopic (exact) mass is 1630 g/mol. The van der Waals surface area contributed by atoms with Crippen LogP contribution in [0.1, 0.15) is 136 Å². The van der Waals surface area contributed by atoms with Crippen molar-refractivity contribution in [2.45, 2.75) is 116 Å². The summed E-state index contributed by atoms with van der Waals surface area (Å²) >= 11 is 0. The Kier molecular flexibility index (Phi) is 33.5. The van der Waals surface area contributed by atoms with E-state index in [1.165, 1.54) is 161 Å². The molecule has 18 aromatic rings. The fourth-order valence-corrected chi connectivity index (χ4v) is 17.1. The lowest BCUT2D eigenvalue weighted by atomic mass is 9.71. The summed E-state index contributed by atoms with van der Waals surface area (Å²) in [6.45, 7) is 13.7. The number of benzene rings is 18. The summed E-state index contributed by atoms with van der Waals surface area (Å²) in [5, 5.41) is 0. The normalized spacial score (nSPS) is 11.7. The first-order chi connectivity index (χ1) is 62.0. The molecule has 0 nitrogen and oxygen atoms in total. The summed E-state index contributed by atoms with van der Waals surface area (Å²) in [6.07, 6.45) is 11.0. The van der Waals surface area contributed by atoms with E-state index in [-0.39, 0.29) is 16.2 Å². The molecule has 624 valence electrons. The van der Waals surface area contributed by atoms with Crippen LogP contribution >= 0.6 is 0 Å². The van der Waals surface area contributed by atoms with Crippen LogP contribution < -0.4 is 0 Å². The van der Waals surface area contributed by atoms with E-state index in [0.29, 0.717) is 0 Å². The lowest BCUT2D eigenvalue weighted by molar-refractivity contribution is 0.414. The third-order valence-electron chi connectivity index (χ3n) is 24.1. The molecule has 0 unspecified atom stereocenters. The summed E-state index contributed by atoms with van der Waals surface area (Å²) < 4.78 is 0. The van der Waals surface area contributed by atoms with Crippen LogP contribution in [0.25, 0.3) is 77.9 Å². The highest BCUT2D eigenvalue weighted by Crippen LogP contribution is 2.54. The molecule has 0 saturated heterocycles. The molecule has 0 aromatic heterocycles. The van der Waals surface area contributed by atoms with Crippen LogP contribution in [-0.2, 0) is 35.5 Å². The second kappa shape index (κ2) is 47.0. The van der Waals surface area contributed by atoms with Gasteiger partial charge in [0, 0.05) is 16.2 Å². The number of rotatable bonds is 18. The average molecular weight is 1630 g/mol. The minimum atomic E-state index is 0.0858. The van der Waals surface area contributed by atoms with E-state index in [4.69, 9.17) is 0 Å². The van der Waals surface area contributed by atoms with Crippen molar-refractivity contribution >= 4 is 0 Å². The zero-order chi connectivity index (χ0) is 87.1. The molecule has 0 heterocycles. The van der Waals surface area contributed by atoms with Crippen molar-refractivity contribution in [1.82, 2.24) is 0 Å². The highest BCUT2D eigenvalue weighted by atomic mass is 14.4. The molecule has 0 heteroatoms. The van der Waals surface area contributed by atoms with E-state index in [0.717, 1.165) is 19.3 Å². The van der Waals surface area contributed by atoms with Gasteiger partial charge in [0.05, 0.1) is 0 Å². The number of fused-ring (bicyclic) bond motifs is 6.